The predicted molar refractivity (Wildman–Crippen MR) is 36.1 cm³/mol. The van der Waals surface area contributed by atoms with E-state index in [1.807, 2.05) is 0 Å². The fraction of sp³-hybridized carbons (Fsp3) is 0.714. The third-order valence-electron chi connectivity index (χ3n) is 1.86. The van der Waals surface area contributed by atoms with Crippen LogP contribution >= 0.6 is 0 Å². The standard InChI is InChI=1S/C7H2F12/c8-2(1-3(9)10)4(11,12)5(13,6(14,15)16)7(17,18)19/h1-2H. The number of halogens is 12. The Kier molecular flexibility index (Phi) is 4.50. The summed E-state index contributed by atoms with van der Waals surface area (Å²) in [6.45, 7) is 0. The molecule has 0 aliphatic heterocycles. The Morgan fingerprint density at radius 3 is 1.26 bits per heavy atom. The Bertz CT molecular complexity index is 328. The number of rotatable bonds is 3. The molecule has 0 aromatic rings. The molecule has 1 atom stereocenters. The van der Waals surface area contributed by atoms with Crippen LogP contribution in [-0.4, -0.2) is 30.1 Å². The summed E-state index contributed by atoms with van der Waals surface area (Å²) in [5.41, 5.74) is -7.31. The molecular formula is C7H2F12. The number of alkyl halides is 10. The van der Waals surface area contributed by atoms with Crippen LogP contribution in [0.5, 0.6) is 0 Å². The van der Waals surface area contributed by atoms with E-state index in [0.29, 0.717) is 0 Å². The van der Waals surface area contributed by atoms with Gasteiger partial charge < -0.3 is 0 Å². The molecule has 0 saturated heterocycles. The molecule has 0 N–H and O–H groups in total. The van der Waals surface area contributed by atoms with E-state index in [2.05, 4.69) is 0 Å². The van der Waals surface area contributed by atoms with E-state index >= 15 is 0 Å². The maximum absolute atomic E-state index is 12.8. The molecule has 12 heteroatoms. The van der Waals surface area contributed by atoms with Gasteiger partial charge in [-0.3, -0.25) is 0 Å². The predicted octanol–water partition coefficient (Wildman–Crippen LogP) is 4.57. The van der Waals surface area contributed by atoms with Crippen LogP contribution in [0, 0.1) is 0 Å². The van der Waals surface area contributed by atoms with E-state index in [4.69, 9.17) is 0 Å². The monoisotopic (exact) mass is 314 g/mol. The first-order valence-electron chi connectivity index (χ1n) is 3.96. The van der Waals surface area contributed by atoms with Crippen molar-refractivity contribution >= 4 is 0 Å². The zero-order valence-corrected chi connectivity index (χ0v) is 8.19. The highest BCUT2D eigenvalue weighted by Crippen LogP contribution is 2.56. The van der Waals surface area contributed by atoms with Crippen molar-refractivity contribution in [3.05, 3.63) is 12.2 Å². The van der Waals surface area contributed by atoms with Crippen molar-refractivity contribution in [3.8, 4) is 0 Å². The van der Waals surface area contributed by atoms with Crippen LogP contribution in [0.25, 0.3) is 0 Å². The molecule has 0 rings (SSSR count). The molecule has 114 valence electrons. The summed E-state index contributed by atoms with van der Waals surface area (Å²) in [7, 11) is 0. The number of hydrogen-bond acceptors (Lipinski definition) is 0. The highest BCUT2D eigenvalue weighted by atomic mass is 19.4. The van der Waals surface area contributed by atoms with Crippen molar-refractivity contribution in [1.29, 1.82) is 0 Å². The van der Waals surface area contributed by atoms with E-state index < -0.39 is 42.3 Å². The second-order valence-corrected chi connectivity index (χ2v) is 3.14. The summed E-state index contributed by atoms with van der Waals surface area (Å²) in [5, 5.41) is 0. The summed E-state index contributed by atoms with van der Waals surface area (Å²) < 4.78 is 144. The van der Waals surface area contributed by atoms with E-state index in [1.54, 1.807) is 0 Å². The lowest BCUT2D eigenvalue weighted by molar-refractivity contribution is -0.402. The molecule has 0 nitrogen and oxygen atoms in total. The summed E-state index contributed by atoms with van der Waals surface area (Å²) in [5.74, 6) is -6.83. The molecule has 0 radical (unpaired) electrons. The quantitative estimate of drug-likeness (QED) is 0.669. The highest BCUT2D eigenvalue weighted by molar-refractivity contribution is 5.12. The minimum Gasteiger partial charge on any atom is -0.236 e. The summed E-state index contributed by atoms with van der Waals surface area (Å²) >= 11 is 0. The molecule has 0 fully saturated rings. The SMILES string of the molecule is FC(F)=CC(F)C(F)(F)C(F)(C(F)(F)F)C(F)(F)F. The van der Waals surface area contributed by atoms with Crippen LogP contribution in [0.15, 0.2) is 12.2 Å². The van der Waals surface area contributed by atoms with Crippen molar-refractivity contribution in [3.63, 3.8) is 0 Å². The van der Waals surface area contributed by atoms with Crippen LogP contribution in [-0.2, 0) is 0 Å². The molecule has 0 spiro atoms. The molecule has 1 unspecified atom stereocenters. The molecule has 0 aliphatic carbocycles. The topological polar surface area (TPSA) is 0 Å². The van der Waals surface area contributed by atoms with Crippen molar-refractivity contribution in [2.45, 2.75) is 30.1 Å². The third kappa shape index (κ3) is 2.91. The average molecular weight is 314 g/mol. The van der Waals surface area contributed by atoms with Crippen LogP contribution in [0.3, 0.4) is 0 Å². The molecule has 0 saturated carbocycles. The van der Waals surface area contributed by atoms with E-state index in [0.717, 1.165) is 0 Å². The second-order valence-electron chi connectivity index (χ2n) is 3.14. The minimum atomic E-state index is -7.31. The van der Waals surface area contributed by atoms with Crippen LogP contribution in [0.4, 0.5) is 52.7 Å². The molecule has 0 amide bonds. The first-order chi connectivity index (χ1) is 8.09. The second kappa shape index (κ2) is 4.78. The Hall–Kier alpha value is -1.10. The number of hydrogen-bond donors (Lipinski definition) is 0. The Labute approximate surface area is 96.2 Å². The van der Waals surface area contributed by atoms with Crippen molar-refractivity contribution in [2.24, 2.45) is 0 Å². The van der Waals surface area contributed by atoms with Gasteiger partial charge in [0.05, 0.1) is 0 Å². The Morgan fingerprint density at radius 1 is 0.737 bits per heavy atom. The van der Waals surface area contributed by atoms with Crippen molar-refractivity contribution in [2.75, 3.05) is 0 Å². The Morgan fingerprint density at radius 2 is 1.05 bits per heavy atom. The largest absolute Gasteiger partial charge is 0.437 e. The van der Waals surface area contributed by atoms with Gasteiger partial charge in [0.1, 0.15) is 0 Å². The van der Waals surface area contributed by atoms with Gasteiger partial charge in [-0.1, -0.05) is 0 Å². The van der Waals surface area contributed by atoms with E-state index in [1.165, 1.54) is 0 Å². The lowest BCUT2D eigenvalue weighted by Gasteiger charge is -2.36. The van der Waals surface area contributed by atoms with Gasteiger partial charge >= 0.3 is 23.9 Å². The molecule has 0 aromatic heterocycles. The van der Waals surface area contributed by atoms with Gasteiger partial charge in [0.2, 0.25) is 0 Å². The molecule has 0 aromatic carbocycles. The number of allylic oxidation sites excluding steroid dienone is 1. The molecule has 19 heavy (non-hydrogen) atoms. The first kappa shape index (κ1) is 17.9. The van der Waals surface area contributed by atoms with Gasteiger partial charge in [-0.25, -0.2) is 8.78 Å². The van der Waals surface area contributed by atoms with Gasteiger partial charge in [-0.15, -0.1) is 0 Å². The van der Waals surface area contributed by atoms with Gasteiger partial charge in [-0.05, 0) is 0 Å². The summed E-state index contributed by atoms with van der Waals surface area (Å²) in [6, 6.07) is 0. The lowest BCUT2D eigenvalue weighted by atomic mass is 9.92. The maximum Gasteiger partial charge on any atom is 0.437 e. The highest BCUT2D eigenvalue weighted by Gasteiger charge is 2.86. The molecule has 0 aliphatic rings. The smallest absolute Gasteiger partial charge is 0.236 e. The van der Waals surface area contributed by atoms with Gasteiger partial charge in [0.15, 0.2) is 6.17 Å². The summed E-state index contributed by atoms with van der Waals surface area (Å²) in [4.78, 5) is 0. The zero-order chi connectivity index (χ0) is 15.9. The zero-order valence-electron chi connectivity index (χ0n) is 8.19. The molecule has 0 heterocycles. The summed E-state index contributed by atoms with van der Waals surface area (Å²) in [6.07, 6.45) is -24.2. The maximum atomic E-state index is 12.8. The van der Waals surface area contributed by atoms with E-state index in [9.17, 15) is 52.7 Å². The Balaban J connectivity index is 5.98. The van der Waals surface area contributed by atoms with Crippen molar-refractivity contribution < 1.29 is 52.7 Å². The lowest BCUT2D eigenvalue weighted by Crippen LogP contribution is -2.67. The van der Waals surface area contributed by atoms with Gasteiger partial charge in [0.25, 0.3) is 6.08 Å². The minimum absolute atomic E-state index is 1.55. The van der Waals surface area contributed by atoms with Crippen LogP contribution in [0.1, 0.15) is 0 Å². The van der Waals surface area contributed by atoms with Crippen molar-refractivity contribution in [1.82, 2.24) is 0 Å². The van der Waals surface area contributed by atoms with Gasteiger partial charge in [-0.2, -0.15) is 43.9 Å². The fourth-order valence-corrected chi connectivity index (χ4v) is 0.944. The van der Waals surface area contributed by atoms with E-state index in [-0.39, 0.29) is 0 Å². The fourth-order valence-electron chi connectivity index (χ4n) is 0.944. The molecular weight excluding hydrogens is 312 g/mol. The van der Waals surface area contributed by atoms with Crippen LogP contribution < -0.4 is 0 Å². The third-order valence-corrected chi connectivity index (χ3v) is 1.86. The normalized spacial score (nSPS) is 16.2. The first-order valence-corrected chi connectivity index (χ1v) is 3.96. The molecule has 0 bridgehead atoms. The van der Waals surface area contributed by atoms with Gasteiger partial charge in [0, 0.05) is 6.08 Å². The average Bonchev–Trinajstić information content (AvgIpc) is 2.11. The van der Waals surface area contributed by atoms with Crippen LogP contribution in [0.2, 0.25) is 0 Å².